The number of hydrogen-bond acceptors (Lipinski definition) is 2. The standard InChI is InChI=1S/C14H17NO2S/c1-2-3-11-18(16,17)15-14-10-6-8-12-7-4-5-9-13(12)14/h4-10,15H,2-3,11H2,1H3. The van der Waals surface area contributed by atoms with Gasteiger partial charge in [-0.2, -0.15) is 0 Å². The molecule has 0 aliphatic heterocycles. The van der Waals surface area contributed by atoms with Crippen LogP contribution in [-0.2, 0) is 10.0 Å². The van der Waals surface area contributed by atoms with Gasteiger partial charge in [0.2, 0.25) is 10.0 Å². The maximum atomic E-state index is 11.9. The molecule has 1 N–H and O–H groups in total. The largest absolute Gasteiger partial charge is 0.283 e. The monoisotopic (exact) mass is 263 g/mol. The molecule has 0 atom stereocenters. The molecule has 0 spiro atoms. The van der Waals surface area contributed by atoms with Crippen LogP contribution in [0.2, 0.25) is 0 Å². The number of fused-ring (bicyclic) bond motifs is 1. The number of unbranched alkanes of at least 4 members (excludes halogenated alkanes) is 1. The summed E-state index contributed by atoms with van der Waals surface area (Å²) in [4.78, 5) is 0. The molecule has 0 heterocycles. The third-order valence-electron chi connectivity index (χ3n) is 2.82. The first-order chi connectivity index (χ1) is 8.62. The molecular weight excluding hydrogens is 246 g/mol. The summed E-state index contributed by atoms with van der Waals surface area (Å²) in [5, 5.41) is 1.97. The normalized spacial score (nSPS) is 11.6. The highest BCUT2D eigenvalue weighted by atomic mass is 32.2. The maximum absolute atomic E-state index is 11.9. The van der Waals surface area contributed by atoms with E-state index in [-0.39, 0.29) is 5.75 Å². The third kappa shape index (κ3) is 3.01. The van der Waals surface area contributed by atoms with Gasteiger partial charge in [0.1, 0.15) is 0 Å². The zero-order chi connectivity index (χ0) is 13.0. The predicted octanol–water partition coefficient (Wildman–Crippen LogP) is 3.38. The summed E-state index contributed by atoms with van der Waals surface area (Å²) in [5.74, 6) is 0.173. The third-order valence-corrected chi connectivity index (χ3v) is 4.18. The van der Waals surface area contributed by atoms with Crippen LogP contribution in [0.25, 0.3) is 10.8 Å². The van der Waals surface area contributed by atoms with E-state index < -0.39 is 10.0 Å². The molecule has 0 bridgehead atoms. The Hall–Kier alpha value is -1.55. The number of sulfonamides is 1. The molecule has 3 nitrogen and oxygen atoms in total. The fourth-order valence-corrected chi connectivity index (χ4v) is 3.15. The van der Waals surface area contributed by atoms with E-state index in [0.717, 1.165) is 17.2 Å². The summed E-state index contributed by atoms with van der Waals surface area (Å²) in [6.07, 6.45) is 1.55. The predicted molar refractivity (Wildman–Crippen MR) is 76.3 cm³/mol. The molecule has 0 aliphatic rings. The maximum Gasteiger partial charge on any atom is 0.232 e. The van der Waals surface area contributed by atoms with E-state index in [1.54, 1.807) is 6.07 Å². The van der Waals surface area contributed by atoms with Crippen molar-refractivity contribution in [3.63, 3.8) is 0 Å². The average Bonchev–Trinajstić information content (AvgIpc) is 2.37. The Labute approximate surface area is 108 Å². The van der Waals surface area contributed by atoms with Crippen molar-refractivity contribution in [3.8, 4) is 0 Å². The fourth-order valence-electron chi connectivity index (χ4n) is 1.87. The van der Waals surface area contributed by atoms with Gasteiger partial charge >= 0.3 is 0 Å². The van der Waals surface area contributed by atoms with E-state index in [1.807, 2.05) is 43.3 Å². The van der Waals surface area contributed by atoms with E-state index in [2.05, 4.69) is 4.72 Å². The average molecular weight is 263 g/mol. The second-order valence-corrected chi connectivity index (χ2v) is 6.14. The molecule has 4 heteroatoms. The molecule has 0 aliphatic carbocycles. The molecule has 2 rings (SSSR count). The lowest BCUT2D eigenvalue weighted by Gasteiger charge is -2.10. The smallest absolute Gasteiger partial charge is 0.232 e. The van der Waals surface area contributed by atoms with Crippen LogP contribution in [0.1, 0.15) is 19.8 Å². The zero-order valence-corrected chi connectivity index (χ0v) is 11.2. The van der Waals surface area contributed by atoms with Crippen LogP contribution in [0.4, 0.5) is 5.69 Å². The second-order valence-electron chi connectivity index (χ2n) is 4.30. The van der Waals surface area contributed by atoms with Crippen molar-refractivity contribution in [1.29, 1.82) is 0 Å². The summed E-state index contributed by atoms with van der Waals surface area (Å²) in [7, 11) is -3.24. The highest BCUT2D eigenvalue weighted by Gasteiger charge is 2.11. The van der Waals surface area contributed by atoms with Gasteiger partial charge in [-0.25, -0.2) is 8.42 Å². The van der Waals surface area contributed by atoms with Crippen LogP contribution in [0.5, 0.6) is 0 Å². The Kier molecular flexibility index (Phi) is 3.87. The van der Waals surface area contributed by atoms with Crippen LogP contribution in [0, 0.1) is 0 Å². The van der Waals surface area contributed by atoms with Gasteiger partial charge in [0.25, 0.3) is 0 Å². The van der Waals surface area contributed by atoms with Crippen molar-refractivity contribution in [2.24, 2.45) is 0 Å². The molecule has 0 saturated carbocycles. The minimum absolute atomic E-state index is 0.173. The Morgan fingerprint density at radius 1 is 1.06 bits per heavy atom. The summed E-state index contributed by atoms with van der Waals surface area (Å²) in [5.41, 5.74) is 0.657. The van der Waals surface area contributed by atoms with Crippen molar-refractivity contribution in [2.45, 2.75) is 19.8 Å². The van der Waals surface area contributed by atoms with Crippen molar-refractivity contribution in [3.05, 3.63) is 42.5 Å². The highest BCUT2D eigenvalue weighted by molar-refractivity contribution is 7.92. The van der Waals surface area contributed by atoms with E-state index in [9.17, 15) is 8.42 Å². The summed E-state index contributed by atoms with van der Waals surface area (Å²) in [6.45, 7) is 1.98. The quantitative estimate of drug-likeness (QED) is 0.898. The van der Waals surface area contributed by atoms with Crippen molar-refractivity contribution < 1.29 is 8.42 Å². The van der Waals surface area contributed by atoms with Gasteiger partial charge in [-0.3, -0.25) is 4.72 Å². The van der Waals surface area contributed by atoms with Crippen molar-refractivity contribution in [2.75, 3.05) is 10.5 Å². The molecule has 0 amide bonds. The van der Waals surface area contributed by atoms with Gasteiger partial charge in [-0.1, -0.05) is 49.7 Å². The molecule has 0 radical (unpaired) electrons. The number of hydrogen-bond donors (Lipinski definition) is 1. The molecule has 18 heavy (non-hydrogen) atoms. The molecule has 2 aromatic rings. The van der Waals surface area contributed by atoms with Crippen molar-refractivity contribution >= 4 is 26.5 Å². The summed E-state index contributed by atoms with van der Waals surface area (Å²) < 4.78 is 26.5. The SMILES string of the molecule is CCCCS(=O)(=O)Nc1cccc2ccccc12. The lowest BCUT2D eigenvalue weighted by molar-refractivity contribution is 0.598. The molecule has 0 unspecified atom stereocenters. The highest BCUT2D eigenvalue weighted by Crippen LogP contribution is 2.23. The van der Waals surface area contributed by atoms with Crippen LogP contribution in [-0.4, -0.2) is 14.2 Å². The second kappa shape index (κ2) is 5.40. The van der Waals surface area contributed by atoms with Crippen molar-refractivity contribution in [1.82, 2.24) is 0 Å². The van der Waals surface area contributed by atoms with Gasteiger partial charge in [0.05, 0.1) is 11.4 Å². The molecule has 96 valence electrons. The minimum Gasteiger partial charge on any atom is -0.283 e. The topological polar surface area (TPSA) is 46.2 Å². The molecule has 2 aromatic carbocycles. The number of benzene rings is 2. The van der Waals surface area contributed by atoms with E-state index in [1.165, 1.54) is 0 Å². The number of nitrogens with one attached hydrogen (secondary N) is 1. The van der Waals surface area contributed by atoms with E-state index in [4.69, 9.17) is 0 Å². The van der Waals surface area contributed by atoms with Crippen LogP contribution < -0.4 is 4.72 Å². The first-order valence-corrected chi connectivity index (χ1v) is 7.76. The Balaban J connectivity index is 2.32. The van der Waals surface area contributed by atoms with E-state index in [0.29, 0.717) is 12.1 Å². The summed E-state index contributed by atoms with van der Waals surface area (Å²) in [6, 6.07) is 13.4. The molecular formula is C14H17NO2S. The summed E-state index contributed by atoms with van der Waals surface area (Å²) >= 11 is 0. The van der Waals surface area contributed by atoms with Crippen LogP contribution >= 0.6 is 0 Å². The lowest BCUT2D eigenvalue weighted by atomic mass is 10.1. The zero-order valence-electron chi connectivity index (χ0n) is 10.4. The van der Waals surface area contributed by atoms with Gasteiger partial charge in [0.15, 0.2) is 0 Å². The van der Waals surface area contributed by atoms with Gasteiger partial charge in [0, 0.05) is 5.39 Å². The van der Waals surface area contributed by atoms with Crippen LogP contribution in [0.3, 0.4) is 0 Å². The minimum atomic E-state index is -3.24. The Morgan fingerprint density at radius 3 is 2.56 bits per heavy atom. The molecule has 0 fully saturated rings. The molecule has 0 aromatic heterocycles. The van der Waals surface area contributed by atoms with Gasteiger partial charge in [-0.05, 0) is 17.9 Å². The fraction of sp³-hybridized carbons (Fsp3) is 0.286. The number of anilines is 1. The Bertz CT molecular complexity index is 630. The first-order valence-electron chi connectivity index (χ1n) is 6.10. The van der Waals surface area contributed by atoms with Gasteiger partial charge in [-0.15, -0.1) is 0 Å². The first kappa shape index (κ1) is 12.9. The lowest BCUT2D eigenvalue weighted by Crippen LogP contribution is -2.16. The van der Waals surface area contributed by atoms with Gasteiger partial charge < -0.3 is 0 Å². The van der Waals surface area contributed by atoms with E-state index >= 15 is 0 Å². The number of rotatable bonds is 5. The Morgan fingerprint density at radius 2 is 1.78 bits per heavy atom. The molecule has 0 saturated heterocycles. The van der Waals surface area contributed by atoms with Crippen LogP contribution in [0.15, 0.2) is 42.5 Å².